The zero-order chi connectivity index (χ0) is 16.1. The Morgan fingerprint density at radius 2 is 1.75 bits per heavy atom. The smallest absolute Gasteiger partial charge is 0.319 e. The average Bonchev–Trinajstić information content (AvgIpc) is 3.03. The van der Waals surface area contributed by atoms with E-state index in [1.165, 1.54) is 44.1 Å². The first-order valence-electron chi connectivity index (χ1n) is 9.31. The molecule has 128 valence electrons. The van der Waals surface area contributed by atoms with Gasteiger partial charge in [-0.25, -0.2) is 4.79 Å². The molecule has 1 saturated heterocycles. The predicted molar refractivity (Wildman–Crippen MR) is 95.6 cm³/mol. The fourth-order valence-corrected chi connectivity index (χ4v) is 7.30. The lowest BCUT2D eigenvalue weighted by Gasteiger charge is -2.57. The zero-order valence-electron chi connectivity index (χ0n) is 14.0. The van der Waals surface area contributed by atoms with Crippen molar-refractivity contribution in [2.24, 2.45) is 17.8 Å². The number of amides is 2. The fourth-order valence-electron chi connectivity index (χ4n) is 6.04. The molecule has 4 bridgehead atoms. The number of urea groups is 1. The van der Waals surface area contributed by atoms with E-state index in [1.807, 2.05) is 41.2 Å². The Morgan fingerprint density at radius 3 is 2.38 bits per heavy atom. The highest BCUT2D eigenvalue weighted by molar-refractivity contribution is 7.99. The number of hydrogen-bond acceptors (Lipinski definition) is 3. The molecule has 1 unspecified atom stereocenters. The number of hydrogen-bond donors (Lipinski definition) is 1. The van der Waals surface area contributed by atoms with Crippen LogP contribution in [0.15, 0.2) is 24.5 Å². The van der Waals surface area contributed by atoms with Crippen LogP contribution >= 0.6 is 11.8 Å². The molecule has 1 N–H and O–H groups in total. The van der Waals surface area contributed by atoms with Crippen molar-refractivity contribution in [3.8, 4) is 0 Å². The van der Waals surface area contributed by atoms with Gasteiger partial charge in [-0.2, -0.15) is 0 Å². The van der Waals surface area contributed by atoms with E-state index in [4.69, 9.17) is 0 Å². The zero-order valence-corrected chi connectivity index (χ0v) is 14.8. The van der Waals surface area contributed by atoms with Gasteiger partial charge in [-0.3, -0.25) is 4.98 Å². The fraction of sp³-hybridized carbons (Fsp3) is 0.684. The first-order chi connectivity index (χ1) is 11.7. The number of carbonyl (C=O) groups excluding carboxylic acids is 1. The summed E-state index contributed by atoms with van der Waals surface area (Å²) in [7, 11) is 0. The van der Waals surface area contributed by atoms with Gasteiger partial charge in [-0.1, -0.05) is 0 Å². The van der Waals surface area contributed by atoms with Crippen LogP contribution in [-0.4, -0.2) is 33.8 Å². The summed E-state index contributed by atoms with van der Waals surface area (Å²) in [6.07, 6.45) is 11.5. The van der Waals surface area contributed by atoms with Crippen LogP contribution in [0.3, 0.4) is 0 Å². The van der Waals surface area contributed by atoms with Crippen molar-refractivity contribution >= 4 is 17.8 Å². The Labute approximate surface area is 147 Å². The molecule has 2 heterocycles. The molecule has 0 aromatic carbocycles. The van der Waals surface area contributed by atoms with Crippen LogP contribution in [0, 0.1) is 17.8 Å². The van der Waals surface area contributed by atoms with Crippen molar-refractivity contribution in [2.45, 2.75) is 49.4 Å². The molecule has 4 saturated carbocycles. The Morgan fingerprint density at radius 1 is 1.12 bits per heavy atom. The second kappa shape index (κ2) is 5.65. The normalized spacial score (nSPS) is 40.1. The minimum Gasteiger partial charge on any atom is -0.332 e. The van der Waals surface area contributed by atoms with E-state index in [-0.39, 0.29) is 16.9 Å². The van der Waals surface area contributed by atoms with Gasteiger partial charge in [0.25, 0.3) is 0 Å². The van der Waals surface area contributed by atoms with Crippen LogP contribution in [0.1, 0.15) is 49.5 Å². The van der Waals surface area contributed by atoms with Crippen LogP contribution in [0.25, 0.3) is 0 Å². The highest BCUT2D eigenvalue weighted by atomic mass is 32.2. The molecule has 5 aliphatic rings. The van der Waals surface area contributed by atoms with Gasteiger partial charge < -0.3 is 10.2 Å². The lowest BCUT2D eigenvalue weighted by Crippen LogP contribution is -2.61. The Balaban J connectivity index is 1.33. The van der Waals surface area contributed by atoms with Crippen molar-refractivity contribution < 1.29 is 4.79 Å². The summed E-state index contributed by atoms with van der Waals surface area (Å²) in [6.45, 7) is 0.843. The number of nitrogens with one attached hydrogen (secondary N) is 1. The predicted octanol–water partition coefficient (Wildman–Crippen LogP) is 3.81. The van der Waals surface area contributed by atoms with E-state index in [2.05, 4.69) is 10.3 Å². The molecule has 0 radical (unpaired) electrons. The summed E-state index contributed by atoms with van der Waals surface area (Å²) in [5.41, 5.74) is 1.29. The van der Waals surface area contributed by atoms with E-state index >= 15 is 0 Å². The number of carbonyl (C=O) groups is 1. The maximum absolute atomic E-state index is 13.1. The standard InChI is InChI=1S/C19H25N3OS/c23-18(22-5-6-24-17(22)16-1-3-20-4-2-16)21-19-10-13-7-14(11-19)9-15(8-13)12-19/h1-4,13-15,17H,5-12H2,(H,21,23). The summed E-state index contributed by atoms with van der Waals surface area (Å²) >= 11 is 1.86. The maximum atomic E-state index is 13.1. The van der Waals surface area contributed by atoms with Crippen molar-refractivity contribution in [3.05, 3.63) is 30.1 Å². The minimum atomic E-state index is 0.0991. The topological polar surface area (TPSA) is 45.2 Å². The third kappa shape index (κ3) is 2.52. The van der Waals surface area contributed by atoms with Gasteiger partial charge in [0.2, 0.25) is 0 Å². The summed E-state index contributed by atoms with van der Waals surface area (Å²) in [4.78, 5) is 19.2. The first-order valence-corrected chi connectivity index (χ1v) is 10.4. The SMILES string of the molecule is O=C(NC12CC3CC(CC(C3)C1)C2)N1CCSC1c1ccncc1. The molecular weight excluding hydrogens is 318 g/mol. The summed E-state index contributed by atoms with van der Waals surface area (Å²) < 4.78 is 0. The molecule has 6 rings (SSSR count). The highest BCUT2D eigenvalue weighted by Crippen LogP contribution is 2.55. The Hall–Kier alpha value is -1.23. The largest absolute Gasteiger partial charge is 0.332 e. The van der Waals surface area contributed by atoms with Crippen molar-refractivity contribution in [1.82, 2.24) is 15.2 Å². The lowest BCUT2D eigenvalue weighted by atomic mass is 9.53. The first kappa shape index (κ1) is 15.1. The Bertz CT molecular complexity index is 599. The quantitative estimate of drug-likeness (QED) is 0.888. The van der Waals surface area contributed by atoms with Gasteiger partial charge >= 0.3 is 6.03 Å². The average molecular weight is 343 g/mol. The number of pyridine rings is 1. The van der Waals surface area contributed by atoms with Gasteiger partial charge in [0.1, 0.15) is 5.37 Å². The summed E-state index contributed by atoms with van der Waals surface area (Å²) in [5.74, 6) is 3.60. The molecule has 0 spiro atoms. The van der Waals surface area contributed by atoms with E-state index in [9.17, 15) is 4.79 Å². The molecule has 2 amide bonds. The van der Waals surface area contributed by atoms with E-state index < -0.39 is 0 Å². The van der Waals surface area contributed by atoms with Gasteiger partial charge in [0, 0.05) is 30.2 Å². The van der Waals surface area contributed by atoms with Crippen molar-refractivity contribution in [2.75, 3.05) is 12.3 Å². The van der Waals surface area contributed by atoms with Gasteiger partial charge in [0.15, 0.2) is 0 Å². The second-order valence-corrected chi connectivity index (χ2v) is 9.51. The molecule has 24 heavy (non-hydrogen) atoms. The number of nitrogens with zero attached hydrogens (tertiary/aromatic N) is 2. The highest BCUT2D eigenvalue weighted by Gasteiger charge is 2.52. The van der Waals surface area contributed by atoms with E-state index in [0.717, 1.165) is 30.1 Å². The van der Waals surface area contributed by atoms with Crippen molar-refractivity contribution in [3.63, 3.8) is 0 Å². The minimum absolute atomic E-state index is 0.0991. The molecule has 1 aromatic rings. The van der Waals surface area contributed by atoms with Crippen LogP contribution in [0.2, 0.25) is 0 Å². The summed E-state index contributed by atoms with van der Waals surface area (Å²) in [5, 5.41) is 3.66. The molecule has 1 aliphatic heterocycles. The van der Waals surface area contributed by atoms with Gasteiger partial charge in [-0.05, 0) is 74.0 Å². The molecule has 1 atom stereocenters. The van der Waals surface area contributed by atoms with Crippen LogP contribution in [-0.2, 0) is 0 Å². The van der Waals surface area contributed by atoms with E-state index in [1.54, 1.807) is 0 Å². The van der Waals surface area contributed by atoms with Crippen molar-refractivity contribution in [1.29, 1.82) is 0 Å². The summed E-state index contributed by atoms with van der Waals surface area (Å²) in [6, 6.07) is 4.23. The molecular formula is C19H25N3OS. The molecule has 1 aromatic heterocycles. The number of aromatic nitrogens is 1. The van der Waals surface area contributed by atoms with E-state index in [0.29, 0.717) is 0 Å². The Kier molecular flexibility index (Phi) is 3.55. The monoisotopic (exact) mass is 343 g/mol. The lowest BCUT2D eigenvalue weighted by molar-refractivity contribution is -0.0156. The number of rotatable bonds is 2. The van der Waals surface area contributed by atoms with Gasteiger partial charge in [0.05, 0.1) is 0 Å². The molecule has 5 fully saturated rings. The third-order valence-electron chi connectivity index (χ3n) is 6.55. The maximum Gasteiger partial charge on any atom is 0.319 e. The molecule has 4 nitrogen and oxygen atoms in total. The number of thioether (sulfide) groups is 1. The third-order valence-corrected chi connectivity index (χ3v) is 7.81. The van der Waals surface area contributed by atoms with Gasteiger partial charge in [-0.15, -0.1) is 11.8 Å². The molecule has 5 heteroatoms. The molecule has 4 aliphatic carbocycles. The van der Waals surface area contributed by atoms with Crippen LogP contribution < -0.4 is 5.32 Å². The van der Waals surface area contributed by atoms with Crippen LogP contribution in [0.4, 0.5) is 4.79 Å². The van der Waals surface area contributed by atoms with Crippen LogP contribution in [0.5, 0.6) is 0 Å². The second-order valence-electron chi connectivity index (χ2n) is 8.33.